The molecule has 0 aliphatic rings. The fraction of sp³-hybridized carbons (Fsp3) is 0.111. The Bertz CT molecular complexity index is 424. The van der Waals surface area contributed by atoms with Crippen LogP contribution in [0.15, 0.2) is 30.6 Å². The van der Waals surface area contributed by atoms with E-state index >= 15 is 0 Å². The zero-order chi connectivity index (χ0) is 9.97. The normalized spacial score (nSPS) is 10.4. The van der Waals surface area contributed by atoms with E-state index < -0.39 is 0 Å². The molecule has 0 saturated carbocycles. The molecule has 2 heterocycles. The van der Waals surface area contributed by atoms with Gasteiger partial charge in [0, 0.05) is 6.20 Å². The van der Waals surface area contributed by atoms with Crippen molar-refractivity contribution in [3.05, 3.63) is 42.1 Å². The molecule has 0 unspecified atom stereocenters. The van der Waals surface area contributed by atoms with Gasteiger partial charge < -0.3 is 5.11 Å². The summed E-state index contributed by atoms with van der Waals surface area (Å²) in [6, 6.07) is 4.50. The predicted octanol–water partition coefficient (Wildman–Crippen LogP) is 0.899. The topological polar surface area (TPSA) is 50.9 Å². The van der Waals surface area contributed by atoms with Gasteiger partial charge in [0.05, 0.1) is 18.5 Å². The molecule has 0 atom stereocenters. The summed E-state index contributed by atoms with van der Waals surface area (Å²) in [5.41, 5.74) is 0.552. The molecule has 5 heteroatoms. The van der Waals surface area contributed by atoms with Crippen molar-refractivity contribution in [2.24, 2.45) is 0 Å². The molecule has 0 saturated heterocycles. The minimum Gasteiger partial charge on any atom is -0.390 e. The molecule has 2 aromatic heterocycles. The van der Waals surface area contributed by atoms with Gasteiger partial charge in [-0.1, -0.05) is 0 Å². The lowest BCUT2D eigenvalue weighted by Crippen LogP contribution is -1.99. The monoisotopic (exact) mass is 193 g/mol. The van der Waals surface area contributed by atoms with Crippen molar-refractivity contribution in [1.29, 1.82) is 0 Å². The molecule has 0 aliphatic heterocycles. The minimum atomic E-state index is -0.386. The maximum Gasteiger partial charge on any atom is 0.153 e. The van der Waals surface area contributed by atoms with Gasteiger partial charge in [0.15, 0.2) is 5.82 Å². The molecule has 4 nitrogen and oxygen atoms in total. The van der Waals surface area contributed by atoms with Crippen LogP contribution in [-0.4, -0.2) is 19.9 Å². The van der Waals surface area contributed by atoms with E-state index in [1.807, 2.05) is 0 Å². The first kappa shape index (κ1) is 8.83. The van der Waals surface area contributed by atoms with Crippen LogP contribution in [0, 0.1) is 5.82 Å². The highest BCUT2D eigenvalue weighted by Gasteiger charge is 2.00. The first-order valence-electron chi connectivity index (χ1n) is 4.07. The summed E-state index contributed by atoms with van der Waals surface area (Å²) in [4.78, 5) is 3.84. The first-order valence-corrected chi connectivity index (χ1v) is 4.07. The van der Waals surface area contributed by atoms with E-state index in [1.165, 1.54) is 16.8 Å². The van der Waals surface area contributed by atoms with E-state index in [4.69, 9.17) is 5.11 Å². The predicted molar refractivity (Wildman–Crippen MR) is 47.2 cm³/mol. The summed E-state index contributed by atoms with van der Waals surface area (Å²) in [5, 5.41) is 12.8. The molecule has 0 amide bonds. The van der Waals surface area contributed by atoms with E-state index in [2.05, 4.69) is 10.1 Å². The van der Waals surface area contributed by atoms with Crippen LogP contribution in [0.4, 0.5) is 4.39 Å². The van der Waals surface area contributed by atoms with E-state index in [-0.39, 0.29) is 12.4 Å². The van der Waals surface area contributed by atoms with Gasteiger partial charge in [0.2, 0.25) is 0 Å². The molecule has 72 valence electrons. The third kappa shape index (κ3) is 1.62. The van der Waals surface area contributed by atoms with Gasteiger partial charge in [-0.2, -0.15) is 5.10 Å². The SMILES string of the molecule is OCc1ccn(-c2ccc(F)cn2)n1. The molecule has 0 fully saturated rings. The van der Waals surface area contributed by atoms with Gasteiger partial charge in [-0.25, -0.2) is 14.1 Å². The number of aliphatic hydroxyl groups excluding tert-OH is 1. The van der Waals surface area contributed by atoms with E-state index in [0.717, 1.165) is 6.20 Å². The number of halogens is 1. The fourth-order valence-electron chi connectivity index (χ4n) is 1.08. The van der Waals surface area contributed by atoms with Crippen molar-refractivity contribution >= 4 is 0 Å². The minimum absolute atomic E-state index is 0.117. The highest BCUT2D eigenvalue weighted by atomic mass is 19.1. The molecule has 0 radical (unpaired) electrons. The zero-order valence-corrected chi connectivity index (χ0v) is 7.26. The Kier molecular flexibility index (Phi) is 2.24. The standard InChI is InChI=1S/C9H8FN3O/c10-7-1-2-9(11-5-7)13-4-3-8(6-14)12-13/h1-5,14H,6H2. The molecular formula is C9H8FN3O. The molecule has 0 bridgehead atoms. The average molecular weight is 193 g/mol. The lowest BCUT2D eigenvalue weighted by Gasteiger charge is -1.98. The van der Waals surface area contributed by atoms with Crippen LogP contribution in [0.3, 0.4) is 0 Å². The quantitative estimate of drug-likeness (QED) is 0.770. The van der Waals surface area contributed by atoms with Crippen molar-refractivity contribution in [2.45, 2.75) is 6.61 Å². The van der Waals surface area contributed by atoms with E-state index in [9.17, 15) is 4.39 Å². The molecule has 0 aliphatic carbocycles. The fourth-order valence-corrected chi connectivity index (χ4v) is 1.08. The number of aromatic nitrogens is 3. The lowest BCUT2D eigenvalue weighted by molar-refractivity contribution is 0.276. The molecule has 14 heavy (non-hydrogen) atoms. The Morgan fingerprint density at radius 1 is 1.36 bits per heavy atom. The number of rotatable bonds is 2. The second-order valence-corrected chi connectivity index (χ2v) is 2.74. The second kappa shape index (κ2) is 3.55. The Hall–Kier alpha value is -1.75. The number of pyridine rings is 1. The Morgan fingerprint density at radius 3 is 2.79 bits per heavy atom. The lowest BCUT2D eigenvalue weighted by atomic mass is 10.4. The van der Waals surface area contributed by atoms with Gasteiger partial charge in [0.1, 0.15) is 5.82 Å². The van der Waals surface area contributed by atoms with Crippen LogP contribution in [0.25, 0.3) is 5.82 Å². The summed E-state index contributed by atoms with van der Waals surface area (Å²) in [5.74, 6) is 0.134. The van der Waals surface area contributed by atoms with Crippen LogP contribution >= 0.6 is 0 Å². The highest BCUT2D eigenvalue weighted by Crippen LogP contribution is 2.05. The summed E-state index contributed by atoms with van der Waals surface area (Å²) in [7, 11) is 0. The van der Waals surface area contributed by atoms with Crippen molar-refractivity contribution in [2.75, 3.05) is 0 Å². The van der Waals surface area contributed by atoms with Gasteiger partial charge in [-0.15, -0.1) is 0 Å². The second-order valence-electron chi connectivity index (χ2n) is 2.74. The molecular weight excluding hydrogens is 185 g/mol. The van der Waals surface area contributed by atoms with Gasteiger partial charge in [0.25, 0.3) is 0 Å². The van der Waals surface area contributed by atoms with Gasteiger partial charge in [-0.05, 0) is 18.2 Å². The number of aliphatic hydroxyl groups is 1. The highest BCUT2D eigenvalue weighted by molar-refractivity contribution is 5.21. The van der Waals surface area contributed by atoms with Crippen molar-refractivity contribution in [1.82, 2.24) is 14.8 Å². The van der Waals surface area contributed by atoms with Crippen molar-refractivity contribution < 1.29 is 9.50 Å². The van der Waals surface area contributed by atoms with Gasteiger partial charge >= 0.3 is 0 Å². The van der Waals surface area contributed by atoms with Crippen molar-refractivity contribution in [3.8, 4) is 5.82 Å². The number of hydrogen-bond donors (Lipinski definition) is 1. The van der Waals surface area contributed by atoms with Crippen LogP contribution < -0.4 is 0 Å². The third-order valence-electron chi connectivity index (χ3n) is 1.75. The molecule has 1 N–H and O–H groups in total. The largest absolute Gasteiger partial charge is 0.390 e. The average Bonchev–Trinajstić information content (AvgIpc) is 2.67. The smallest absolute Gasteiger partial charge is 0.153 e. The molecule has 2 aromatic rings. The molecule has 0 aromatic carbocycles. The summed E-state index contributed by atoms with van der Waals surface area (Å²) < 4.78 is 14.0. The maximum atomic E-state index is 12.5. The Labute approximate surface area is 79.6 Å². The van der Waals surface area contributed by atoms with E-state index in [0.29, 0.717) is 11.5 Å². The Morgan fingerprint density at radius 2 is 2.21 bits per heavy atom. The summed E-state index contributed by atoms with van der Waals surface area (Å²) >= 11 is 0. The number of hydrogen-bond acceptors (Lipinski definition) is 3. The zero-order valence-electron chi connectivity index (χ0n) is 7.26. The Balaban J connectivity index is 2.34. The molecule has 0 spiro atoms. The van der Waals surface area contributed by atoms with Crippen LogP contribution in [-0.2, 0) is 6.61 Å². The van der Waals surface area contributed by atoms with Crippen LogP contribution in [0.5, 0.6) is 0 Å². The summed E-state index contributed by atoms with van der Waals surface area (Å²) in [6.07, 6.45) is 2.78. The van der Waals surface area contributed by atoms with Crippen LogP contribution in [0.2, 0.25) is 0 Å². The van der Waals surface area contributed by atoms with E-state index in [1.54, 1.807) is 12.3 Å². The van der Waals surface area contributed by atoms with Crippen LogP contribution in [0.1, 0.15) is 5.69 Å². The molecule has 2 rings (SSSR count). The third-order valence-corrected chi connectivity index (χ3v) is 1.75. The van der Waals surface area contributed by atoms with Crippen molar-refractivity contribution in [3.63, 3.8) is 0 Å². The first-order chi connectivity index (χ1) is 6.79. The van der Waals surface area contributed by atoms with Gasteiger partial charge in [-0.3, -0.25) is 0 Å². The maximum absolute atomic E-state index is 12.5. The number of nitrogens with zero attached hydrogens (tertiary/aromatic N) is 3. The summed E-state index contributed by atoms with van der Waals surface area (Å²) in [6.45, 7) is -0.117.